The summed E-state index contributed by atoms with van der Waals surface area (Å²) in [6.45, 7) is 5.60. The lowest BCUT2D eigenvalue weighted by atomic mass is 10.0. The molecule has 0 aliphatic carbocycles. The van der Waals surface area contributed by atoms with Crippen LogP contribution in [0.4, 0.5) is 5.82 Å². The number of carbonyl (C=O) groups is 2. The summed E-state index contributed by atoms with van der Waals surface area (Å²) in [5, 5.41) is 9.08. The Morgan fingerprint density at radius 3 is 2.75 bits per heavy atom. The van der Waals surface area contributed by atoms with E-state index in [0.717, 1.165) is 43.6 Å². The molecular formula is C20H32N6O2. The van der Waals surface area contributed by atoms with Crippen LogP contribution in [0, 0.1) is 5.92 Å². The lowest BCUT2D eigenvalue weighted by molar-refractivity contribution is -0.121. The van der Waals surface area contributed by atoms with Crippen LogP contribution in [0.1, 0.15) is 55.0 Å². The molecule has 3 rings (SSSR count). The minimum atomic E-state index is -0.111. The van der Waals surface area contributed by atoms with E-state index in [-0.39, 0.29) is 17.9 Å². The summed E-state index contributed by atoms with van der Waals surface area (Å²) in [5.41, 5.74) is 1.43. The number of nitrogens with zero attached hydrogens (tertiary/aromatic N) is 3. The van der Waals surface area contributed by atoms with Crippen LogP contribution in [0.5, 0.6) is 0 Å². The van der Waals surface area contributed by atoms with Crippen LogP contribution >= 0.6 is 0 Å². The average molecular weight is 389 g/mol. The topological polar surface area (TPSA) is 99.2 Å². The second-order valence-corrected chi connectivity index (χ2v) is 8.23. The monoisotopic (exact) mass is 388 g/mol. The van der Waals surface area contributed by atoms with Crippen LogP contribution in [-0.4, -0.2) is 66.0 Å². The molecule has 0 bridgehead atoms. The largest absolute Gasteiger partial charge is 0.368 e. The summed E-state index contributed by atoms with van der Waals surface area (Å²) in [4.78, 5) is 35.6. The first-order chi connectivity index (χ1) is 13.4. The number of aromatic nitrogens is 2. The molecule has 2 atom stereocenters. The molecule has 0 aromatic carbocycles. The summed E-state index contributed by atoms with van der Waals surface area (Å²) in [5.74, 6) is 1.90. The number of fused-ring (bicyclic) bond motifs is 1. The number of hydrogen-bond donors (Lipinski definition) is 3. The number of rotatable bonds is 7. The Bertz CT molecular complexity index is 736. The van der Waals surface area contributed by atoms with Crippen molar-refractivity contribution in [1.29, 1.82) is 0 Å². The van der Waals surface area contributed by atoms with Crippen molar-refractivity contribution in [3.8, 4) is 0 Å². The molecule has 8 heteroatoms. The van der Waals surface area contributed by atoms with Crippen LogP contribution < -0.4 is 16.0 Å². The maximum atomic E-state index is 12.3. The molecule has 2 aliphatic heterocycles. The minimum absolute atomic E-state index is 0.0830. The van der Waals surface area contributed by atoms with Crippen molar-refractivity contribution in [1.82, 2.24) is 25.5 Å². The molecule has 28 heavy (non-hydrogen) atoms. The fourth-order valence-corrected chi connectivity index (χ4v) is 4.06. The van der Waals surface area contributed by atoms with Gasteiger partial charge in [0, 0.05) is 50.6 Å². The van der Waals surface area contributed by atoms with E-state index in [4.69, 9.17) is 4.98 Å². The summed E-state index contributed by atoms with van der Waals surface area (Å²) in [6, 6.07) is 0.611. The lowest BCUT2D eigenvalue weighted by Crippen LogP contribution is -2.39. The quantitative estimate of drug-likeness (QED) is 0.644. The van der Waals surface area contributed by atoms with Crippen molar-refractivity contribution in [3.63, 3.8) is 0 Å². The van der Waals surface area contributed by atoms with Crippen LogP contribution in [0.2, 0.25) is 0 Å². The third-order valence-electron chi connectivity index (χ3n) is 5.71. The van der Waals surface area contributed by atoms with Crippen molar-refractivity contribution < 1.29 is 9.59 Å². The summed E-state index contributed by atoms with van der Waals surface area (Å²) in [6.07, 6.45) is 4.07. The van der Waals surface area contributed by atoms with E-state index in [0.29, 0.717) is 36.4 Å². The van der Waals surface area contributed by atoms with Gasteiger partial charge in [-0.3, -0.25) is 14.5 Å². The Labute approximate surface area is 166 Å². The summed E-state index contributed by atoms with van der Waals surface area (Å²) >= 11 is 0. The molecule has 0 spiro atoms. The van der Waals surface area contributed by atoms with E-state index in [9.17, 15) is 9.59 Å². The molecule has 1 saturated heterocycles. The van der Waals surface area contributed by atoms with Gasteiger partial charge in [-0.05, 0) is 32.2 Å². The molecule has 1 aromatic heterocycles. The molecule has 8 nitrogen and oxygen atoms in total. The molecule has 1 aromatic rings. The maximum absolute atomic E-state index is 12.3. The molecule has 2 aliphatic rings. The zero-order valence-corrected chi connectivity index (χ0v) is 17.3. The first-order valence-corrected chi connectivity index (χ1v) is 10.2. The van der Waals surface area contributed by atoms with Crippen molar-refractivity contribution in [2.75, 3.05) is 32.5 Å². The van der Waals surface area contributed by atoms with Gasteiger partial charge in [0.2, 0.25) is 5.91 Å². The third kappa shape index (κ3) is 4.60. The van der Waals surface area contributed by atoms with Crippen LogP contribution in [-0.2, 0) is 17.6 Å². The fourth-order valence-electron chi connectivity index (χ4n) is 4.06. The van der Waals surface area contributed by atoms with Gasteiger partial charge < -0.3 is 16.0 Å². The van der Waals surface area contributed by atoms with Crippen LogP contribution in [0.25, 0.3) is 0 Å². The number of hydrogen-bond acceptors (Lipinski definition) is 6. The predicted molar refractivity (Wildman–Crippen MR) is 108 cm³/mol. The van der Waals surface area contributed by atoms with Crippen LogP contribution in [0.3, 0.4) is 0 Å². The van der Waals surface area contributed by atoms with Gasteiger partial charge in [-0.2, -0.15) is 0 Å². The molecule has 0 radical (unpaired) electrons. The van der Waals surface area contributed by atoms with Crippen molar-refractivity contribution >= 4 is 17.6 Å². The van der Waals surface area contributed by atoms with Crippen molar-refractivity contribution in [2.45, 2.75) is 58.0 Å². The minimum Gasteiger partial charge on any atom is -0.368 e. The van der Waals surface area contributed by atoms with Gasteiger partial charge in [0.25, 0.3) is 5.91 Å². The first-order valence-electron chi connectivity index (χ1n) is 10.2. The number of likely N-dealkylation sites (N-methyl/N-ethyl adjacent to an activating group) is 1. The molecule has 154 valence electrons. The second-order valence-electron chi connectivity index (χ2n) is 8.23. The van der Waals surface area contributed by atoms with E-state index in [1.165, 1.54) is 0 Å². The summed E-state index contributed by atoms with van der Waals surface area (Å²) < 4.78 is 0. The normalized spacial score (nSPS) is 22.1. The van der Waals surface area contributed by atoms with E-state index in [2.05, 4.69) is 46.7 Å². The Hall–Kier alpha value is -2.22. The Kier molecular flexibility index (Phi) is 6.49. The third-order valence-corrected chi connectivity index (χ3v) is 5.71. The smallest absolute Gasteiger partial charge is 0.270 e. The second kappa shape index (κ2) is 8.86. The molecule has 3 heterocycles. The number of likely N-dealkylation sites (tertiary alicyclic amines) is 1. The van der Waals surface area contributed by atoms with E-state index >= 15 is 0 Å². The zero-order valence-electron chi connectivity index (χ0n) is 17.3. The zero-order chi connectivity index (χ0) is 20.3. The van der Waals surface area contributed by atoms with Crippen molar-refractivity contribution in [2.24, 2.45) is 5.92 Å². The van der Waals surface area contributed by atoms with Gasteiger partial charge in [-0.25, -0.2) is 9.97 Å². The standard InChI is InChI=1S/C20H32N6O2/c1-12(2)9-16-24-18-15(7-8-22-20(18)28)19(25-16)23-11-14-6-5-13(26(14)4)10-17(27)21-3/h12-14H,5-11H2,1-4H3,(H,21,27)(H,22,28)(H,23,24,25)/t13-,14+/m1/s1. The molecule has 3 N–H and O–H groups in total. The molecule has 0 saturated carbocycles. The Morgan fingerprint density at radius 2 is 2.04 bits per heavy atom. The van der Waals surface area contributed by atoms with Gasteiger partial charge in [-0.15, -0.1) is 0 Å². The predicted octanol–water partition coefficient (Wildman–Crippen LogP) is 0.972. The summed E-state index contributed by atoms with van der Waals surface area (Å²) in [7, 11) is 3.76. The van der Waals surface area contributed by atoms with Gasteiger partial charge >= 0.3 is 0 Å². The number of nitrogens with one attached hydrogen (secondary N) is 3. The van der Waals surface area contributed by atoms with Gasteiger partial charge in [0.15, 0.2) is 0 Å². The van der Waals surface area contributed by atoms with E-state index in [1.807, 2.05) is 0 Å². The highest BCUT2D eigenvalue weighted by atomic mass is 16.2. The SMILES string of the molecule is CNC(=O)C[C@H]1CC[C@@H](CNc2nc(CC(C)C)nc3c2CCNC3=O)N1C. The highest BCUT2D eigenvalue weighted by molar-refractivity contribution is 5.96. The molecule has 0 unspecified atom stereocenters. The van der Waals surface area contributed by atoms with Gasteiger partial charge in [-0.1, -0.05) is 13.8 Å². The number of amides is 2. The molecule has 1 fully saturated rings. The van der Waals surface area contributed by atoms with Crippen molar-refractivity contribution in [3.05, 3.63) is 17.1 Å². The van der Waals surface area contributed by atoms with Gasteiger partial charge in [0.1, 0.15) is 17.3 Å². The van der Waals surface area contributed by atoms with E-state index in [1.54, 1.807) is 7.05 Å². The Balaban J connectivity index is 1.72. The molecule has 2 amide bonds. The number of carbonyl (C=O) groups excluding carboxylic acids is 2. The maximum Gasteiger partial charge on any atom is 0.270 e. The van der Waals surface area contributed by atoms with Crippen LogP contribution in [0.15, 0.2) is 0 Å². The van der Waals surface area contributed by atoms with Gasteiger partial charge in [0.05, 0.1) is 0 Å². The Morgan fingerprint density at radius 1 is 1.29 bits per heavy atom. The highest BCUT2D eigenvalue weighted by Gasteiger charge is 2.32. The average Bonchev–Trinajstić information content (AvgIpc) is 2.99. The highest BCUT2D eigenvalue weighted by Crippen LogP contribution is 2.26. The molecular weight excluding hydrogens is 356 g/mol. The van der Waals surface area contributed by atoms with E-state index < -0.39 is 0 Å². The first kappa shape index (κ1) is 20.5. The lowest BCUT2D eigenvalue weighted by Gasteiger charge is -2.27. The fraction of sp³-hybridized carbons (Fsp3) is 0.700. The number of anilines is 1.